The van der Waals surface area contributed by atoms with Gasteiger partial charge in [0.1, 0.15) is 0 Å². The molecule has 5 nitrogen and oxygen atoms in total. The molecule has 0 aliphatic heterocycles. The van der Waals surface area contributed by atoms with Gasteiger partial charge in [-0.25, -0.2) is 0 Å². The monoisotopic (exact) mass is 216 g/mol. The Balaban J connectivity index is 2.53. The summed E-state index contributed by atoms with van der Waals surface area (Å²) < 4.78 is 12.7. The molecule has 1 aromatic rings. The van der Waals surface area contributed by atoms with Crippen molar-refractivity contribution >= 4 is 22.3 Å². The summed E-state index contributed by atoms with van der Waals surface area (Å²) in [4.78, 5) is 0. The average molecular weight is 216 g/mol. The number of nitrogens with zero attached hydrogens (tertiary/aromatic N) is 2. The first-order valence-electron chi connectivity index (χ1n) is 4.36. The molecule has 2 unspecified atom stereocenters. The predicted octanol–water partition coefficient (Wildman–Crippen LogP) is 0.181. The SMILES string of the molecule is CC(CNc1nn(C)cc1N)S(C)=O. The maximum absolute atomic E-state index is 11.1. The minimum absolute atomic E-state index is 0.0939. The molecule has 0 aliphatic carbocycles. The van der Waals surface area contributed by atoms with E-state index in [4.69, 9.17) is 5.73 Å². The fourth-order valence-electron chi connectivity index (χ4n) is 1.00. The zero-order valence-electron chi connectivity index (χ0n) is 8.65. The molecule has 2 atom stereocenters. The molecule has 1 heterocycles. The molecule has 0 aromatic carbocycles. The summed E-state index contributed by atoms with van der Waals surface area (Å²) >= 11 is 0. The molecule has 0 aliphatic rings. The van der Waals surface area contributed by atoms with Crippen molar-refractivity contribution in [1.82, 2.24) is 9.78 Å². The van der Waals surface area contributed by atoms with Crippen molar-refractivity contribution in [3.05, 3.63) is 6.20 Å². The van der Waals surface area contributed by atoms with Gasteiger partial charge in [-0.2, -0.15) is 5.10 Å². The maximum atomic E-state index is 11.1. The largest absolute Gasteiger partial charge is 0.394 e. The third kappa shape index (κ3) is 2.73. The zero-order chi connectivity index (χ0) is 10.7. The van der Waals surface area contributed by atoms with Crippen molar-refractivity contribution in [3.63, 3.8) is 0 Å². The Morgan fingerprint density at radius 3 is 2.86 bits per heavy atom. The fraction of sp³-hybridized carbons (Fsp3) is 0.625. The fourth-order valence-corrected chi connectivity index (χ4v) is 1.32. The lowest BCUT2D eigenvalue weighted by atomic mass is 10.4. The van der Waals surface area contributed by atoms with E-state index in [0.717, 1.165) is 0 Å². The van der Waals surface area contributed by atoms with Crippen LogP contribution in [0.2, 0.25) is 0 Å². The maximum Gasteiger partial charge on any atom is 0.171 e. The van der Waals surface area contributed by atoms with Crippen LogP contribution in [0.25, 0.3) is 0 Å². The molecule has 0 spiro atoms. The van der Waals surface area contributed by atoms with Crippen molar-refractivity contribution < 1.29 is 4.21 Å². The topological polar surface area (TPSA) is 72.9 Å². The number of aryl methyl sites for hydroxylation is 1. The van der Waals surface area contributed by atoms with E-state index < -0.39 is 10.8 Å². The number of nitrogens with one attached hydrogen (secondary N) is 1. The van der Waals surface area contributed by atoms with Crippen LogP contribution in [0.1, 0.15) is 6.92 Å². The smallest absolute Gasteiger partial charge is 0.171 e. The van der Waals surface area contributed by atoms with E-state index in [0.29, 0.717) is 18.1 Å². The first kappa shape index (κ1) is 11.0. The quantitative estimate of drug-likeness (QED) is 0.753. The van der Waals surface area contributed by atoms with Crippen molar-refractivity contribution in [3.8, 4) is 0 Å². The molecule has 0 saturated carbocycles. The average Bonchev–Trinajstić information content (AvgIpc) is 2.40. The highest BCUT2D eigenvalue weighted by Crippen LogP contribution is 2.14. The highest BCUT2D eigenvalue weighted by Gasteiger charge is 2.08. The second-order valence-electron chi connectivity index (χ2n) is 3.30. The molecule has 3 N–H and O–H groups in total. The summed E-state index contributed by atoms with van der Waals surface area (Å²) in [6.45, 7) is 2.53. The van der Waals surface area contributed by atoms with Crippen LogP contribution in [-0.2, 0) is 17.8 Å². The van der Waals surface area contributed by atoms with E-state index in [-0.39, 0.29) is 5.25 Å². The Morgan fingerprint density at radius 2 is 2.43 bits per heavy atom. The third-order valence-electron chi connectivity index (χ3n) is 1.98. The first-order chi connectivity index (χ1) is 6.50. The summed E-state index contributed by atoms with van der Waals surface area (Å²) in [6, 6.07) is 0. The number of hydrogen-bond donors (Lipinski definition) is 2. The molecule has 0 saturated heterocycles. The second kappa shape index (κ2) is 4.45. The van der Waals surface area contributed by atoms with Crippen molar-refractivity contribution in [2.24, 2.45) is 7.05 Å². The van der Waals surface area contributed by atoms with Crippen LogP contribution in [0, 0.1) is 0 Å². The molecular formula is C8H16N4OS. The minimum atomic E-state index is -0.822. The lowest BCUT2D eigenvalue weighted by molar-refractivity contribution is 0.678. The van der Waals surface area contributed by atoms with Crippen LogP contribution in [0.3, 0.4) is 0 Å². The number of aromatic nitrogens is 2. The van der Waals surface area contributed by atoms with Crippen molar-refractivity contribution in [2.75, 3.05) is 23.9 Å². The summed E-state index contributed by atoms with van der Waals surface area (Å²) in [5.74, 6) is 0.657. The molecule has 0 radical (unpaired) electrons. The van der Waals surface area contributed by atoms with Gasteiger partial charge in [0.2, 0.25) is 0 Å². The number of anilines is 2. The summed E-state index contributed by atoms with van der Waals surface area (Å²) in [5, 5.41) is 7.28. The van der Waals surface area contributed by atoms with Crippen molar-refractivity contribution in [1.29, 1.82) is 0 Å². The lowest BCUT2D eigenvalue weighted by Crippen LogP contribution is -2.21. The van der Waals surface area contributed by atoms with Gasteiger partial charge in [-0.1, -0.05) is 0 Å². The van der Waals surface area contributed by atoms with Gasteiger partial charge in [0.05, 0.1) is 5.69 Å². The van der Waals surface area contributed by atoms with Gasteiger partial charge < -0.3 is 11.1 Å². The molecule has 1 rings (SSSR count). The van der Waals surface area contributed by atoms with Crippen LogP contribution < -0.4 is 11.1 Å². The minimum Gasteiger partial charge on any atom is -0.394 e. The highest BCUT2D eigenvalue weighted by molar-refractivity contribution is 7.84. The highest BCUT2D eigenvalue weighted by atomic mass is 32.2. The Bertz CT molecular complexity index is 336. The van der Waals surface area contributed by atoms with E-state index in [1.807, 2.05) is 14.0 Å². The second-order valence-corrected chi connectivity index (χ2v) is 5.10. The molecule has 0 amide bonds. The zero-order valence-corrected chi connectivity index (χ0v) is 9.47. The van der Waals surface area contributed by atoms with Crippen LogP contribution in [0.4, 0.5) is 11.5 Å². The number of nitrogens with two attached hydrogens (primary N) is 1. The van der Waals surface area contributed by atoms with Crippen LogP contribution >= 0.6 is 0 Å². The summed E-state index contributed by atoms with van der Waals surface area (Å²) in [7, 11) is 0.987. The molecule has 14 heavy (non-hydrogen) atoms. The van der Waals surface area contributed by atoms with Crippen molar-refractivity contribution in [2.45, 2.75) is 12.2 Å². The Hall–Kier alpha value is -1.04. The summed E-state index contributed by atoms with van der Waals surface area (Å²) in [6.07, 6.45) is 3.42. The Labute approximate surface area is 86.1 Å². The van der Waals surface area contributed by atoms with Gasteiger partial charge in [0.15, 0.2) is 5.82 Å². The Kier molecular flexibility index (Phi) is 3.51. The normalized spacial score (nSPS) is 15.1. The van der Waals surface area contributed by atoms with Gasteiger partial charge in [-0.3, -0.25) is 8.89 Å². The van der Waals surface area contributed by atoms with Gasteiger partial charge >= 0.3 is 0 Å². The van der Waals surface area contributed by atoms with E-state index >= 15 is 0 Å². The number of hydrogen-bond acceptors (Lipinski definition) is 4. The van der Waals surface area contributed by atoms with E-state index in [9.17, 15) is 4.21 Å². The van der Waals surface area contributed by atoms with Crippen LogP contribution in [-0.4, -0.2) is 32.0 Å². The van der Waals surface area contributed by atoms with E-state index in [1.54, 1.807) is 17.1 Å². The molecule has 1 aromatic heterocycles. The van der Waals surface area contributed by atoms with Crippen LogP contribution in [0.15, 0.2) is 6.20 Å². The van der Waals surface area contributed by atoms with Crippen LogP contribution in [0.5, 0.6) is 0 Å². The standard InChI is InChI=1S/C8H16N4OS/c1-6(14(3)13)4-10-8-7(9)5-12(2)11-8/h5-6H,4,9H2,1-3H3,(H,10,11). The molecule has 80 valence electrons. The molecule has 6 heteroatoms. The van der Waals surface area contributed by atoms with E-state index in [1.165, 1.54) is 0 Å². The van der Waals surface area contributed by atoms with Gasteiger partial charge in [-0.15, -0.1) is 0 Å². The molecule has 0 bridgehead atoms. The lowest BCUT2D eigenvalue weighted by Gasteiger charge is -2.09. The number of nitrogen functional groups attached to an aromatic ring is 1. The molecular weight excluding hydrogens is 200 g/mol. The first-order valence-corrected chi connectivity index (χ1v) is 5.98. The third-order valence-corrected chi connectivity index (χ3v) is 3.28. The summed E-state index contributed by atoms with van der Waals surface area (Å²) in [5.41, 5.74) is 6.29. The van der Waals surface area contributed by atoms with Gasteiger partial charge in [0.25, 0.3) is 0 Å². The van der Waals surface area contributed by atoms with Gasteiger partial charge in [0, 0.05) is 42.1 Å². The molecule has 0 fully saturated rings. The van der Waals surface area contributed by atoms with Gasteiger partial charge in [-0.05, 0) is 6.92 Å². The Morgan fingerprint density at radius 1 is 1.79 bits per heavy atom. The van der Waals surface area contributed by atoms with E-state index in [2.05, 4.69) is 10.4 Å². The predicted molar refractivity (Wildman–Crippen MR) is 59.6 cm³/mol. The number of rotatable bonds is 4.